The van der Waals surface area contributed by atoms with E-state index in [1.54, 1.807) is 31.2 Å². The Morgan fingerprint density at radius 1 is 0.884 bits per heavy atom. The van der Waals surface area contributed by atoms with Gasteiger partial charge in [0.15, 0.2) is 6.61 Å². The van der Waals surface area contributed by atoms with Gasteiger partial charge in [-0.25, -0.2) is 12.8 Å². The van der Waals surface area contributed by atoms with E-state index < -0.39 is 27.8 Å². The Bertz CT molecular complexity index is 1620. The number of anilines is 1. The van der Waals surface area contributed by atoms with Crippen molar-refractivity contribution in [2.24, 2.45) is 0 Å². The lowest BCUT2D eigenvalue weighted by atomic mass is 10.1. The third-order valence-corrected chi connectivity index (χ3v) is 8.23. The lowest BCUT2D eigenvalue weighted by Crippen LogP contribution is -2.49. The summed E-state index contributed by atoms with van der Waals surface area (Å²) in [4.78, 5) is 27.8. The molecule has 4 rings (SSSR count). The highest BCUT2D eigenvalue weighted by Gasteiger charge is 2.26. The number of benzene rings is 4. The topological polar surface area (TPSA) is 105 Å². The minimum atomic E-state index is -3.93. The molecule has 4 aromatic rings. The SMILES string of the molecule is C[C@H](C(=O)NCCc1ccccc1)N(Cc1ccc(Cl)cc1)C(=O)COc1ccc(S(=O)(=O)Nc2ccc(F)cc2)cc1. The van der Waals surface area contributed by atoms with Crippen molar-refractivity contribution in [3.63, 3.8) is 0 Å². The third kappa shape index (κ3) is 9.29. The number of carbonyl (C=O) groups is 2. The molecule has 0 saturated carbocycles. The number of rotatable bonds is 13. The molecule has 0 aliphatic rings. The van der Waals surface area contributed by atoms with E-state index in [9.17, 15) is 22.4 Å². The number of amides is 2. The van der Waals surface area contributed by atoms with Crippen molar-refractivity contribution < 1.29 is 27.1 Å². The van der Waals surface area contributed by atoms with E-state index >= 15 is 0 Å². The molecule has 8 nitrogen and oxygen atoms in total. The fraction of sp³-hybridized carbons (Fsp3) is 0.188. The Morgan fingerprint density at radius 3 is 2.19 bits per heavy atom. The minimum Gasteiger partial charge on any atom is -0.484 e. The number of halogens is 2. The first kappa shape index (κ1) is 31.5. The maximum absolute atomic E-state index is 13.3. The van der Waals surface area contributed by atoms with Gasteiger partial charge in [0.1, 0.15) is 17.6 Å². The quantitative estimate of drug-likeness (QED) is 0.207. The number of sulfonamides is 1. The van der Waals surface area contributed by atoms with Gasteiger partial charge in [-0.15, -0.1) is 0 Å². The smallest absolute Gasteiger partial charge is 0.261 e. The van der Waals surface area contributed by atoms with E-state index in [1.165, 1.54) is 41.3 Å². The molecule has 0 radical (unpaired) electrons. The molecule has 43 heavy (non-hydrogen) atoms. The molecule has 2 amide bonds. The molecule has 0 aliphatic heterocycles. The van der Waals surface area contributed by atoms with Gasteiger partial charge in [0, 0.05) is 23.8 Å². The Hall–Kier alpha value is -4.41. The van der Waals surface area contributed by atoms with Crippen LogP contribution in [0.25, 0.3) is 0 Å². The van der Waals surface area contributed by atoms with Crippen molar-refractivity contribution in [3.05, 3.63) is 125 Å². The molecule has 224 valence electrons. The standard InChI is InChI=1S/C32H31ClFN3O5S/c1-23(32(39)35-20-19-24-5-3-2-4-6-24)37(21-25-7-9-26(33)10-8-25)31(38)22-42-29-15-17-30(18-16-29)43(40,41)36-28-13-11-27(34)12-14-28/h2-18,23,36H,19-22H2,1H3,(H,35,39)/t23-/m1/s1. The van der Waals surface area contributed by atoms with Gasteiger partial charge in [-0.1, -0.05) is 54.1 Å². The molecule has 0 unspecified atom stereocenters. The number of nitrogens with zero attached hydrogens (tertiary/aromatic N) is 1. The van der Waals surface area contributed by atoms with Gasteiger partial charge in [-0.05, 0) is 85.1 Å². The van der Waals surface area contributed by atoms with Crippen LogP contribution in [0.2, 0.25) is 5.02 Å². The number of carbonyl (C=O) groups excluding carboxylic acids is 2. The van der Waals surface area contributed by atoms with Crippen LogP contribution >= 0.6 is 11.6 Å². The van der Waals surface area contributed by atoms with E-state index in [4.69, 9.17) is 16.3 Å². The number of hydrogen-bond donors (Lipinski definition) is 2. The van der Waals surface area contributed by atoms with Crippen molar-refractivity contribution in [1.29, 1.82) is 0 Å². The summed E-state index contributed by atoms with van der Waals surface area (Å²) < 4.78 is 46.6. The fourth-order valence-corrected chi connectivity index (χ4v) is 5.35. The second-order valence-electron chi connectivity index (χ2n) is 9.72. The van der Waals surface area contributed by atoms with E-state index in [-0.39, 0.29) is 35.4 Å². The van der Waals surface area contributed by atoms with Crippen LogP contribution in [-0.2, 0) is 32.6 Å². The second kappa shape index (κ2) is 14.7. The summed E-state index contributed by atoms with van der Waals surface area (Å²) in [6.07, 6.45) is 0.651. The lowest BCUT2D eigenvalue weighted by Gasteiger charge is -2.28. The predicted octanol–water partition coefficient (Wildman–Crippen LogP) is 5.43. The van der Waals surface area contributed by atoms with Gasteiger partial charge in [0.2, 0.25) is 5.91 Å². The normalized spacial score (nSPS) is 11.8. The van der Waals surface area contributed by atoms with Gasteiger partial charge >= 0.3 is 0 Å². The van der Waals surface area contributed by atoms with Gasteiger partial charge in [0.05, 0.1) is 4.90 Å². The van der Waals surface area contributed by atoms with E-state index in [0.29, 0.717) is 18.0 Å². The summed E-state index contributed by atoms with van der Waals surface area (Å²) >= 11 is 6.01. The zero-order valence-corrected chi connectivity index (χ0v) is 24.9. The maximum Gasteiger partial charge on any atom is 0.261 e. The van der Waals surface area contributed by atoms with E-state index in [1.807, 2.05) is 30.3 Å². The van der Waals surface area contributed by atoms with Crippen LogP contribution in [0, 0.1) is 5.82 Å². The predicted molar refractivity (Wildman–Crippen MR) is 164 cm³/mol. The van der Waals surface area contributed by atoms with E-state index in [0.717, 1.165) is 23.3 Å². The van der Waals surface area contributed by atoms with Crippen LogP contribution < -0.4 is 14.8 Å². The molecule has 2 N–H and O–H groups in total. The molecular weight excluding hydrogens is 593 g/mol. The average molecular weight is 624 g/mol. The average Bonchev–Trinajstić information content (AvgIpc) is 3.01. The zero-order chi connectivity index (χ0) is 30.8. The number of hydrogen-bond acceptors (Lipinski definition) is 5. The lowest BCUT2D eigenvalue weighted by molar-refractivity contribution is -0.142. The summed E-state index contributed by atoms with van der Waals surface area (Å²) in [5.41, 5.74) is 2.08. The highest BCUT2D eigenvalue weighted by atomic mass is 35.5. The van der Waals surface area contributed by atoms with Crippen molar-refractivity contribution in [2.75, 3.05) is 17.9 Å². The molecule has 0 aromatic heterocycles. The molecule has 0 bridgehead atoms. The molecule has 0 aliphatic carbocycles. The number of nitrogens with one attached hydrogen (secondary N) is 2. The number of ether oxygens (including phenoxy) is 1. The van der Waals surface area contributed by atoms with Crippen molar-refractivity contribution in [1.82, 2.24) is 10.2 Å². The van der Waals surface area contributed by atoms with Crippen LogP contribution in [0.5, 0.6) is 5.75 Å². The highest BCUT2D eigenvalue weighted by Crippen LogP contribution is 2.20. The van der Waals surface area contributed by atoms with Crippen molar-refractivity contribution in [3.8, 4) is 5.75 Å². The van der Waals surface area contributed by atoms with Crippen LogP contribution in [0.3, 0.4) is 0 Å². The van der Waals surface area contributed by atoms with Crippen LogP contribution in [0.1, 0.15) is 18.1 Å². The Labute approximate surface area is 255 Å². The van der Waals surface area contributed by atoms with Crippen molar-refractivity contribution in [2.45, 2.75) is 30.8 Å². The fourth-order valence-electron chi connectivity index (χ4n) is 4.17. The van der Waals surface area contributed by atoms with Crippen LogP contribution in [0.15, 0.2) is 108 Å². The largest absolute Gasteiger partial charge is 0.484 e. The summed E-state index contributed by atoms with van der Waals surface area (Å²) in [5.74, 6) is -0.957. The highest BCUT2D eigenvalue weighted by molar-refractivity contribution is 7.92. The van der Waals surface area contributed by atoms with Crippen molar-refractivity contribution >= 4 is 39.1 Å². The first-order valence-electron chi connectivity index (χ1n) is 13.5. The van der Waals surface area contributed by atoms with E-state index in [2.05, 4.69) is 10.0 Å². The first-order valence-corrected chi connectivity index (χ1v) is 15.3. The van der Waals surface area contributed by atoms with Gasteiger partial charge in [-0.3, -0.25) is 14.3 Å². The Kier molecular flexibility index (Phi) is 10.7. The molecule has 0 saturated heterocycles. The monoisotopic (exact) mass is 623 g/mol. The molecule has 0 fully saturated rings. The molecule has 11 heteroatoms. The van der Waals surface area contributed by atoms with Gasteiger partial charge in [0.25, 0.3) is 15.9 Å². The van der Waals surface area contributed by atoms with Gasteiger partial charge < -0.3 is 15.0 Å². The Morgan fingerprint density at radius 2 is 1.53 bits per heavy atom. The molecule has 0 heterocycles. The summed E-state index contributed by atoms with van der Waals surface area (Å²) in [5, 5.41) is 3.45. The summed E-state index contributed by atoms with van der Waals surface area (Å²) in [7, 11) is -3.93. The minimum absolute atomic E-state index is 0.0411. The Balaban J connectivity index is 1.39. The molecular formula is C32H31ClFN3O5S. The summed E-state index contributed by atoms with van der Waals surface area (Å²) in [6, 6.07) is 26.4. The first-order chi connectivity index (χ1) is 20.6. The third-order valence-electron chi connectivity index (χ3n) is 6.58. The molecule has 4 aromatic carbocycles. The van der Waals surface area contributed by atoms with Crippen LogP contribution in [-0.4, -0.2) is 44.3 Å². The second-order valence-corrected chi connectivity index (χ2v) is 11.8. The molecule has 0 spiro atoms. The maximum atomic E-state index is 13.3. The van der Waals surface area contributed by atoms with Crippen LogP contribution in [0.4, 0.5) is 10.1 Å². The molecule has 1 atom stereocenters. The summed E-state index contributed by atoms with van der Waals surface area (Å²) in [6.45, 7) is 1.84. The zero-order valence-electron chi connectivity index (χ0n) is 23.4. The van der Waals surface area contributed by atoms with Gasteiger partial charge in [-0.2, -0.15) is 0 Å².